The zero-order chi connectivity index (χ0) is 24.2. The van der Waals surface area contributed by atoms with Crippen molar-refractivity contribution >= 4 is 23.6 Å². The van der Waals surface area contributed by atoms with Crippen LogP contribution in [0.3, 0.4) is 0 Å². The van der Waals surface area contributed by atoms with E-state index in [4.69, 9.17) is 9.15 Å². The van der Waals surface area contributed by atoms with Gasteiger partial charge in [0.25, 0.3) is 11.8 Å². The van der Waals surface area contributed by atoms with Gasteiger partial charge < -0.3 is 24.7 Å². The van der Waals surface area contributed by atoms with E-state index in [9.17, 15) is 14.4 Å². The van der Waals surface area contributed by atoms with E-state index >= 15 is 0 Å². The van der Waals surface area contributed by atoms with Crippen molar-refractivity contribution in [1.82, 2.24) is 10.2 Å². The molecule has 2 atom stereocenters. The number of amides is 3. The summed E-state index contributed by atoms with van der Waals surface area (Å²) in [6.45, 7) is 10.5. The number of nitrogens with one attached hydrogen (secondary N) is 2. The minimum absolute atomic E-state index is 0.124. The number of rotatable bonds is 5. The Bertz CT molecular complexity index is 994. The van der Waals surface area contributed by atoms with Gasteiger partial charge in [-0.2, -0.15) is 0 Å². The van der Waals surface area contributed by atoms with E-state index in [2.05, 4.69) is 10.6 Å². The summed E-state index contributed by atoms with van der Waals surface area (Å²) in [5, 5.41) is 5.84. The fourth-order valence-electron chi connectivity index (χ4n) is 3.81. The van der Waals surface area contributed by atoms with Crippen molar-refractivity contribution in [2.75, 3.05) is 18.4 Å². The number of nitrogens with zero attached hydrogens (tertiary/aromatic N) is 1. The number of carbonyl (C=O) groups is 3. The van der Waals surface area contributed by atoms with Crippen molar-refractivity contribution in [3.8, 4) is 0 Å². The normalized spacial score (nSPS) is 17.2. The fourth-order valence-corrected chi connectivity index (χ4v) is 3.81. The molecule has 2 heterocycles. The Kier molecular flexibility index (Phi) is 7.46. The van der Waals surface area contributed by atoms with Crippen LogP contribution in [-0.2, 0) is 4.74 Å². The summed E-state index contributed by atoms with van der Waals surface area (Å²) in [6, 6.07) is 8.27. The Morgan fingerprint density at radius 3 is 2.61 bits per heavy atom. The van der Waals surface area contributed by atoms with Gasteiger partial charge in [-0.25, -0.2) is 4.79 Å². The highest BCUT2D eigenvalue weighted by molar-refractivity contribution is 6.04. The molecule has 1 saturated heterocycles. The number of hydrogen-bond acceptors (Lipinski definition) is 5. The molecule has 3 amide bonds. The van der Waals surface area contributed by atoms with Crippen molar-refractivity contribution in [2.24, 2.45) is 5.92 Å². The van der Waals surface area contributed by atoms with Gasteiger partial charge in [0.2, 0.25) is 0 Å². The Balaban J connectivity index is 1.62. The smallest absolute Gasteiger partial charge is 0.410 e. The monoisotopic (exact) mass is 455 g/mol. The fraction of sp³-hybridized carbons (Fsp3) is 0.480. The maximum absolute atomic E-state index is 12.9. The first-order valence-corrected chi connectivity index (χ1v) is 11.3. The first-order chi connectivity index (χ1) is 15.5. The number of benzene rings is 1. The molecule has 178 valence electrons. The van der Waals surface area contributed by atoms with E-state index in [1.165, 1.54) is 6.26 Å². The maximum Gasteiger partial charge on any atom is 0.410 e. The van der Waals surface area contributed by atoms with E-state index in [0.717, 1.165) is 18.4 Å². The molecule has 1 aliphatic heterocycles. The predicted molar refractivity (Wildman–Crippen MR) is 125 cm³/mol. The van der Waals surface area contributed by atoms with Crippen LogP contribution in [0.5, 0.6) is 0 Å². The molecule has 0 spiro atoms. The van der Waals surface area contributed by atoms with Gasteiger partial charge in [-0.3, -0.25) is 9.59 Å². The molecule has 0 unspecified atom stereocenters. The molecule has 2 aromatic rings. The van der Waals surface area contributed by atoms with Gasteiger partial charge in [0.1, 0.15) is 5.60 Å². The standard InChI is InChI=1S/C25H33N3O5/c1-16-10-11-18(14-20(16)27-23(30)21-9-7-13-32-21)22(29)26-17(2)19-8-6-12-28(15-19)24(31)33-25(3,4)5/h7,9-11,13-14,17,19H,6,8,12,15H2,1-5H3,(H,26,29)(H,27,30)/t17-,19+/m0/s1. The Labute approximate surface area is 194 Å². The third-order valence-corrected chi connectivity index (χ3v) is 5.67. The van der Waals surface area contributed by atoms with Crippen molar-refractivity contribution < 1.29 is 23.5 Å². The molecule has 0 bridgehead atoms. The second-order valence-electron chi connectivity index (χ2n) is 9.55. The topological polar surface area (TPSA) is 101 Å². The van der Waals surface area contributed by atoms with Gasteiger partial charge in [0, 0.05) is 30.4 Å². The summed E-state index contributed by atoms with van der Waals surface area (Å²) < 4.78 is 10.6. The average Bonchev–Trinajstić information content (AvgIpc) is 3.29. The van der Waals surface area contributed by atoms with Gasteiger partial charge in [-0.1, -0.05) is 6.07 Å². The zero-order valence-corrected chi connectivity index (χ0v) is 19.9. The lowest BCUT2D eigenvalue weighted by atomic mass is 9.91. The molecule has 0 aliphatic carbocycles. The third-order valence-electron chi connectivity index (χ3n) is 5.67. The van der Waals surface area contributed by atoms with E-state index in [-0.39, 0.29) is 35.6 Å². The molecule has 0 radical (unpaired) electrons. The summed E-state index contributed by atoms with van der Waals surface area (Å²) in [4.78, 5) is 39.4. The number of aryl methyl sites for hydroxylation is 1. The van der Waals surface area contributed by atoms with Gasteiger partial charge >= 0.3 is 6.09 Å². The van der Waals surface area contributed by atoms with Gasteiger partial charge in [-0.15, -0.1) is 0 Å². The van der Waals surface area contributed by atoms with Crippen LogP contribution in [0.2, 0.25) is 0 Å². The number of carbonyl (C=O) groups excluding carboxylic acids is 3. The summed E-state index contributed by atoms with van der Waals surface area (Å²) >= 11 is 0. The first kappa shape index (κ1) is 24.4. The number of likely N-dealkylation sites (tertiary alicyclic amines) is 1. The molecule has 8 heteroatoms. The molecular formula is C25H33N3O5. The second kappa shape index (κ2) is 10.1. The lowest BCUT2D eigenvalue weighted by Gasteiger charge is -2.36. The number of ether oxygens (including phenoxy) is 1. The number of furan rings is 1. The number of anilines is 1. The number of hydrogen-bond donors (Lipinski definition) is 2. The van der Waals surface area contributed by atoms with Gasteiger partial charge in [0.05, 0.1) is 6.26 Å². The van der Waals surface area contributed by atoms with Crippen LogP contribution in [0.1, 0.15) is 67.0 Å². The van der Waals surface area contributed by atoms with Crippen molar-refractivity contribution in [3.05, 3.63) is 53.5 Å². The van der Waals surface area contributed by atoms with Crippen LogP contribution in [0.25, 0.3) is 0 Å². The van der Waals surface area contributed by atoms with E-state index in [1.54, 1.807) is 35.2 Å². The Hall–Kier alpha value is -3.29. The molecule has 3 rings (SSSR count). The van der Waals surface area contributed by atoms with Crippen LogP contribution in [0.4, 0.5) is 10.5 Å². The van der Waals surface area contributed by atoms with Crippen LogP contribution in [-0.4, -0.2) is 47.5 Å². The molecule has 1 aromatic carbocycles. The SMILES string of the molecule is Cc1ccc(C(=O)N[C@@H](C)[C@@H]2CCCN(C(=O)OC(C)(C)C)C2)cc1NC(=O)c1ccco1. The summed E-state index contributed by atoms with van der Waals surface area (Å²) in [5.41, 5.74) is 1.28. The molecule has 0 saturated carbocycles. The summed E-state index contributed by atoms with van der Waals surface area (Å²) in [5.74, 6) is -0.285. The lowest BCUT2D eigenvalue weighted by Crippen LogP contribution is -2.49. The van der Waals surface area contributed by atoms with Crippen LogP contribution >= 0.6 is 0 Å². The van der Waals surface area contributed by atoms with Crippen LogP contribution in [0, 0.1) is 12.8 Å². The average molecular weight is 456 g/mol. The Morgan fingerprint density at radius 1 is 1.18 bits per heavy atom. The van der Waals surface area contributed by atoms with E-state index in [0.29, 0.717) is 24.3 Å². The molecule has 33 heavy (non-hydrogen) atoms. The molecule has 2 N–H and O–H groups in total. The highest BCUT2D eigenvalue weighted by atomic mass is 16.6. The quantitative estimate of drug-likeness (QED) is 0.686. The minimum Gasteiger partial charge on any atom is -0.459 e. The van der Waals surface area contributed by atoms with E-state index < -0.39 is 5.60 Å². The second-order valence-corrected chi connectivity index (χ2v) is 9.55. The molecule has 1 aromatic heterocycles. The largest absolute Gasteiger partial charge is 0.459 e. The van der Waals surface area contributed by atoms with Crippen LogP contribution < -0.4 is 10.6 Å². The zero-order valence-electron chi connectivity index (χ0n) is 19.9. The summed E-state index contributed by atoms with van der Waals surface area (Å²) in [6.07, 6.45) is 2.89. The van der Waals surface area contributed by atoms with E-state index in [1.807, 2.05) is 34.6 Å². The highest BCUT2D eigenvalue weighted by Crippen LogP contribution is 2.23. The van der Waals surface area contributed by atoms with Crippen molar-refractivity contribution in [1.29, 1.82) is 0 Å². The molecule has 1 aliphatic rings. The van der Waals surface area contributed by atoms with Gasteiger partial charge in [0.15, 0.2) is 5.76 Å². The van der Waals surface area contributed by atoms with Crippen molar-refractivity contribution in [2.45, 2.75) is 59.1 Å². The molecule has 8 nitrogen and oxygen atoms in total. The molecule has 1 fully saturated rings. The first-order valence-electron chi connectivity index (χ1n) is 11.3. The van der Waals surface area contributed by atoms with Crippen molar-refractivity contribution in [3.63, 3.8) is 0 Å². The summed E-state index contributed by atoms with van der Waals surface area (Å²) in [7, 11) is 0. The number of piperidine rings is 1. The lowest BCUT2D eigenvalue weighted by molar-refractivity contribution is 0.0150. The third kappa shape index (κ3) is 6.60. The Morgan fingerprint density at radius 2 is 1.94 bits per heavy atom. The maximum atomic E-state index is 12.9. The van der Waals surface area contributed by atoms with Crippen LogP contribution in [0.15, 0.2) is 41.0 Å². The molecular weight excluding hydrogens is 422 g/mol. The van der Waals surface area contributed by atoms with Gasteiger partial charge in [-0.05, 0) is 83.2 Å². The predicted octanol–water partition coefficient (Wildman–Crippen LogP) is 4.61. The minimum atomic E-state index is -0.542. The highest BCUT2D eigenvalue weighted by Gasteiger charge is 2.31.